The van der Waals surface area contributed by atoms with Crippen molar-refractivity contribution in [2.75, 3.05) is 11.7 Å². The first-order valence-electron chi connectivity index (χ1n) is 11.7. The number of para-hydroxylation sites is 1. The molecule has 1 N–H and O–H groups in total. The van der Waals surface area contributed by atoms with E-state index in [4.69, 9.17) is 9.47 Å². The third-order valence-electron chi connectivity index (χ3n) is 6.75. The fourth-order valence-electron chi connectivity index (χ4n) is 4.87. The average molecular weight is 478 g/mol. The molecule has 0 saturated heterocycles. The fourth-order valence-corrected chi connectivity index (χ4v) is 4.87. The number of carbonyl (C=O) groups is 2. The first-order chi connectivity index (χ1) is 17.5. The molecule has 2 aliphatic rings. The maximum absolute atomic E-state index is 13.6. The molecule has 0 fully saturated rings. The largest absolute Gasteiger partial charge is 0.454 e. The number of benzene rings is 4. The van der Waals surface area contributed by atoms with Crippen molar-refractivity contribution in [2.45, 2.75) is 18.6 Å². The lowest BCUT2D eigenvalue weighted by Crippen LogP contribution is -2.41. The maximum Gasteiger partial charge on any atom is 0.264 e. The Morgan fingerprint density at radius 3 is 2.33 bits per heavy atom. The number of rotatable bonds is 6. The Morgan fingerprint density at radius 2 is 1.53 bits per heavy atom. The van der Waals surface area contributed by atoms with Gasteiger partial charge in [0.15, 0.2) is 22.9 Å². The summed E-state index contributed by atoms with van der Waals surface area (Å²) in [6.07, 6.45) is -0.342. The van der Waals surface area contributed by atoms with Crippen LogP contribution in [0.5, 0.6) is 11.5 Å². The summed E-state index contributed by atoms with van der Waals surface area (Å²) in [6.45, 7) is 0.396. The van der Waals surface area contributed by atoms with Gasteiger partial charge in [-0.3, -0.25) is 9.59 Å². The first kappa shape index (κ1) is 22.1. The van der Waals surface area contributed by atoms with E-state index in [1.54, 1.807) is 36.4 Å². The van der Waals surface area contributed by atoms with Crippen LogP contribution in [0.1, 0.15) is 27.9 Å². The van der Waals surface area contributed by atoms with Crippen LogP contribution in [0, 0.1) is 0 Å². The number of aliphatic hydroxyl groups is 1. The molecule has 0 saturated carbocycles. The molecule has 0 radical (unpaired) electrons. The molecule has 2 aliphatic heterocycles. The van der Waals surface area contributed by atoms with Gasteiger partial charge in [0, 0.05) is 11.1 Å². The van der Waals surface area contributed by atoms with Crippen LogP contribution in [0.2, 0.25) is 0 Å². The number of carbonyl (C=O) groups excluding carboxylic acids is 2. The van der Waals surface area contributed by atoms with E-state index >= 15 is 0 Å². The summed E-state index contributed by atoms with van der Waals surface area (Å²) < 4.78 is 10.8. The van der Waals surface area contributed by atoms with Crippen molar-refractivity contribution in [2.24, 2.45) is 0 Å². The second kappa shape index (κ2) is 8.66. The highest BCUT2D eigenvalue weighted by atomic mass is 16.7. The third kappa shape index (κ3) is 3.72. The van der Waals surface area contributed by atoms with Gasteiger partial charge in [-0.1, -0.05) is 78.9 Å². The normalized spacial score (nSPS) is 17.8. The number of nitrogens with zero attached hydrogens (tertiary/aromatic N) is 1. The predicted octanol–water partition coefficient (Wildman–Crippen LogP) is 5.09. The average Bonchev–Trinajstić information content (AvgIpc) is 3.47. The molecule has 2 heterocycles. The number of amides is 1. The van der Waals surface area contributed by atoms with Crippen molar-refractivity contribution >= 4 is 17.4 Å². The number of ketones is 1. The van der Waals surface area contributed by atoms with Crippen LogP contribution in [0.4, 0.5) is 5.69 Å². The number of hydrogen-bond donors (Lipinski definition) is 1. The molecule has 6 nitrogen and oxygen atoms in total. The number of fused-ring (bicyclic) bond motifs is 2. The first-order valence-corrected chi connectivity index (χ1v) is 11.7. The molecular weight excluding hydrogens is 454 g/mol. The highest BCUT2D eigenvalue weighted by Crippen LogP contribution is 2.44. The van der Waals surface area contributed by atoms with Gasteiger partial charge >= 0.3 is 0 Å². The van der Waals surface area contributed by atoms with Crippen molar-refractivity contribution in [1.29, 1.82) is 0 Å². The lowest BCUT2D eigenvalue weighted by molar-refractivity contribution is -0.136. The SMILES string of the molecule is O=C(CC1(O)C(=O)N(Cc2ccc3c(c2)OCO3)c2ccccc21)c1ccc(-c2ccccc2)cc1. The van der Waals surface area contributed by atoms with Gasteiger partial charge in [0.1, 0.15) is 0 Å². The van der Waals surface area contributed by atoms with Gasteiger partial charge in [-0.05, 0) is 34.9 Å². The van der Waals surface area contributed by atoms with Crippen LogP contribution in [0.15, 0.2) is 97.1 Å². The summed E-state index contributed by atoms with van der Waals surface area (Å²) in [4.78, 5) is 28.4. The molecular formula is C30H23NO5. The quantitative estimate of drug-likeness (QED) is 0.392. The zero-order valence-corrected chi connectivity index (χ0v) is 19.4. The Bertz CT molecular complexity index is 1460. The molecule has 4 aromatic carbocycles. The molecule has 0 spiro atoms. The summed E-state index contributed by atoms with van der Waals surface area (Å²) in [5.74, 6) is 0.463. The van der Waals surface area contributed by atoms with Gasteiger partial charge < -0.3 is 19.5 Å². The van der Waals surface area contributed by atoms with Crippen LogP contribution >= 0.6 is 0 Å². The molecule has 36 heavy (non-hydrogen) atoms. The maximum atomic E-state index is 13.6. The Labute approximate surface area is 208 Å². The summed E-state index contributed by atoms with van der Waals surface area (Å²) in [5, 5.41) is 11.6. The van der Waals surface area contributed by atoms with Gasteiger partial charge in [-0.15, -0.1) is 0 Å². The molecule has 0 aromatic heterocycles. The molecule has 6 rings (SSSR count). The molecule has 1 unspecified atom stereocenters. The van der Waals surface area contributed by atoms with E-state index in [-0.39, 0.29) is 25.5 Å². The second-order valence-corrected chi connectivity index (χ2v) is 9.00. The van der Waals surface area contributed by atoms with E-state index in [9.17, 15) is 14.7 Å². The number of ether oxygens (including phenoxy) is 2. The molecule has 6 heteroatoms. The van der Waals surface area contributed by atoms with Gasteiger partial charge in [-0.2, -0.15) is 0 Å². The minimum absolute atomic E-state index is 0.165. The van der Waals surface area contributed by atoms with E-state index in [2.05, 4.69) is 0 Å². The summed E-state index contributed by atoms with van der Waals surface area (Å²) in [7, 11) is 0. The van der Waals surface area contributed by atoms with Crippen molar-refractivity contribution in [3.63, 3.8) is 0 Å². The van der Waals surface area contributed by atoms with Crippen molar-refractivity contribution in [3.05, 3.63) is 114 Å². The molecule has 4 aromatic rings. The highest BCUT2D eigenvalue weighted by Gasteiger charge is 2.50. The Hall–Kier alpha value is -4.42. The zero-order valence-electron chi connectivity index (χ0n) is 19.4. The van der Waals surface area contributed by atoms with E-state index in [0.29, 0.717) is 28.3 Å². The number of anilines is 1. The molecule has 0 aliphatic carbocycles. The van der Waals surface area contributed by atoms with Crippen LogP contribution in [0.3, 0.4) is 0 Å². The van der Waals surface area contributed by atoms with E-state index in [0.717, 1.165) is 16.7 Å². The lowest BCUT2D eigenvalue weighted by atomic mass is 9.88. The fraction of sp³-hybridized carbons (Fsp3) is 0.133. The number of hydrogen-bond acceptors (Lipinski definition) is 5. The van der Waals surface area contributed by atoms with Crippen molar-refractivity contribution in [3.8, 4) is 22.6 Å². The minimum Gasteiger partial charge on any atom is -0.454 e. The molecule has 0 bridgehead atoms. The van der Waals surface area contributed by atoms with Crippen LogP contribution < -0.4 is 14.4 Å². The van der Waals surface area contributed by atoms with Gasteiger partial charge in [0.05, 0.1) is 18.7 Å². The Balaban J connectivity index is 1.26. The number of Topliss-reactive ketones (excluding diaryl/α,β-unsaturated/α-hetero) is 1. The lowest BCUT2D eigenvalue weighted by Gasteiger charge is -2.23. The van der Waals surface area contributed by atoms with Crippen LogP contribution in [-0.4, -0.2) is 23.6 Å². The predicted molar refractivity (Wildman–Crippen MR) is 135 cm³/mol. The monoisotopic (exact) mass is 477 g/mol. The summed E-state index contributed by atoms with van der Waals surface area (Å²) >= 11 is 0. The standard InChI is InChI=1S/C30H23NO5/c32-26(23-13-11-22(12-14-23)21-6-2-1-3-7-21)17-30(34)24-8-4-5-9-25(24)31(29(30)33)18-20-10-15-27-28(16-20)36-19-35-27/h1-16,34H,17-19H2. The van der Waals surface area contributed by atoms with Crippen LogP contribution in [0.25, 0.3) is 11.1 Å². The van der Waals surface area contributed by atoms with E-state index in [1.807, 2.05) is 60.7 Å². The molecule has 178 valence electrons. The van der Waals surface area contributed by atoms with Crippen molar-refractivity contribution < 1.29 is 24.2 Å². The van der Waals surface area contributed by atoms with Crippen molar-refractivity contribution in [1.82, 2.24) is 0 Å². The van der Waals surface area contributed by atoms with E-state index in [1.165, 1.54) is 4.90 Å². The van der Waals surface area contributed by atoms with E-state index < -0.39 is 11.5 Å². The van der Waals surface area contributed by atoms with Crippen LogP contribution in [-0.2, 0) is 16.9 Å². The van der Waals surface area contributed by atoms with Gasteiger partial charge in [0.25, 0.3) is 5.91 Å². The van der Waals surface area contributed by atoms with Gasteiger partial charge in [0.2, 0.25) is 6.79 Å². The highest BCUT2D eigenvalue weighted by molar-refractivity contribution is 6.10. The minimum atomic E-state index is -1.94. The topological polar surface area (TPSA) is 76.1 Å². The smallest absolute Gasteiger partial charge is 0.264 e. The third-order valence-corrected chi connectivity index (χ3v) is 6.75. The molecule has 1 atom stereocenters. The Morgan fingerprint density at radius 1 is 0.833 bits per heavy atom. The van der Waals surface area contributed by atoms with Gasteiger partial charge in [-0.25, -0.2) is 0 Å². The summed E-state index contributed by atoms with van der Waals surface area (Å²) in [6, 6.07) is 29.7. The summed E-state index contributed by atoms with van der Waals surface area (Å²) in [5.41, 5.74) is 2.40. The Kier molecular flexibility index (Phi) is 5.31. The molecule has 1 amide bonds. The zero-order chi connectivity index (χ0) is 24.7. The second-order valence-electron chi connectivity index (χ2n) is 9.00.